The maximum Gasteiger partial charge on any atom is 0.103 e. The smallest absolute Gasteiger partial charge is 0.103 e. The van der Waals surface area contributed by atoms with Gasteiger partial charge in [-0.25, -0.2) is 0 Å². The minimum absolute atomic E-state index is 0.359. The lowest BCUT2D eigenvalue weighted by Gasteiger charge is -2.41. The van der Waals surface area contributed by atoms with Crippen molar-refractivity contribution in [3.05, 3.63) is 0 Å². The molecule has 0 unspecified atom stereocenters. The van der Waals surface area contributed by atoms with Gasteiger partial charge in [-0.1, -0.05) is 0 Å². The molecule has 0 aromatic heterocycles. The fraction of sp³-hybridized carbons (Fsp3) is 0.923. The van der Waals surface area contributed by atoms with E-state index in [9.17, 15) is 5.11 Å². The molecule has 4 heteroatoms. The molecule has 1 aliphatic rings. The molecule has 0 radical (unpaired) electrons. The lowest BCUT2D eigenvalue weighted by Crippen LogP contribution is -2.54. The van der Waals surface area contributed by atoms with Crippen molar-refractivity contribution in [3.63, 3.8) is 0 Å². The predicted octanol–water partition coefficient (Wildman–Crippen LogP) is 1.07. The second-order valence-electron chi connectivity index (χ2n) is 6.06. The molecule has 1 N–H and O–H groups in total. The van der Waals surface area contributed by atoms with Crippen LogP contribution in [-0.4, -0.2) is 58.8 Å². The Labute approximate surface area is 105 Å². The molecule has 1 aliphatic heterocycles. The summed E-state index contributed by atoms with van der Waals surface area (Å²) in [6.45, 7) is 12.4. The third-order valence-electron chi connectivity index (χ3n) is 3.48. The van der Waals surface area contributed by atoms with Crippen LogP contribution in [0.1, 0.15) is 34.1 Å². The molecule has 4 nitrogen and oxygen atoms in total. The highest BCUT2D eigenvalue weighted by molar-refractivity contribution is 5.02. The molecular weight excluding hydrogens is 214 g/mol. The van der Waals surface area contributed by atoms with E-state index in [0.29, 0.717) is 0 Å². The Morgan fingerprint density at radius 2 is 1.65 bits per heavy atom. The summed E-state index contributed by atoms with van der Waals surface area (Å²) in [4.78, 5) is 4.59. The summed E-state index contributed by atoms with van der Waals surface area (Å²) in [5, 5.41) is 18.8. The average Bonchev–Trinajstić information content (AvgIpc) is 2.26. The summed E-state index contributed by atoms with van der Waals surface area (Å²) in [7, 11) is 0. The van der Waals surface area contributed by atoms with Crippen molar-refractivity contribution in [1.82, 2.24) is 9.80 Å². The van der Waals surface area contributed by atoms with Crippen molar-refractivity contribution in [2.24, 2.45) is 0 Å². The van der Waals surface area contributed by atoms with E-state index < -0.39 is 5.60 Å². The van der Waals surface area contributed by atoms with Gasteiger partial charge < -0.3 is 10.0 Å². The fourth-order valence-electron chi connectivity index (χ4n) is 2.03. The van der Waals surface area contributed by atoms with Crippen molar-refractivity contribution in [2.45, 2.75) is 45.3 Å². The Balaban J connectivity index is 2.34. The first kappa shape index (κ1) is 14.4. The fourth-order valence-corrected chi connectivity index (χ4v) is 2.03. The quantitative estimate of drug-likeness (QED) is 0.797. The van der Waals surface area contributed by atoms with Gasteiger partial charge in [-0.15, -0.1) is 0 Å². The SMILES string of the molecule is CC(C)(O)CCN1CCN(C(C)(C)C#N)CC1. The van der Waals surface area contributed by atoms with E-state index in [1.807, 2.05) is 27.7 Å². The monoisotopic (exact) mass is 239 g/mol. The van der Waals surface area contributed by atoms with Crippen LogP contribution < -0.4 is 0 Å². The lowest BCUT2D eigenvalue weighted by atomic mass is 10.0. The van der Waals surface area contributed by atoms with Crippen LogP contribution in [0.25, 0.3) is 0 Å². The molecule has 0 atom stereocenters. The normalized spacial score (nSPS) is 20.2. The van der Waals surface area contributed by atoms with E-state index in [2.05, 4.69) is 15.9 Å². The minimum atomic E-state index is -0.580. The summed E-state index contributed by atoms with van der Waals surface area (Å²) < 4.78 is 0. The summed E-state index contributed by atoms with van der Waals surface area (Å²) in [6, 6.07) is 2.35. The van der Waals surface area contributed by atoms with Crippen molar-refractivity contribution in [3.8, 4) is 6.07 Å². The zero-order valence-corrected chi connectivity index (χ0v) is 11.5. The van der Waals surface area contributed by atoms with E-state index in [-0.39, 0.29) is 5.54 Å². The minimum Gasteiger partial charge on any atom is -0.390 e. The Kier molecular flexibility index (Phi) is 4.54. The van der Waals surface area contributed by atoms with Crippen LogP contribution in [0.3, 0.4) is 0 Å². The summed E-state index contributed by atoms with van der Waals surface area (Å²) in [6.07, 6.45) is 0.800. The number of nitriles is 1. The summed E-state index contributed by atoms with van der Waals surface area (Å²) in [5.41, 5.74) is -0.939. The third kappa shape index (κ3) is 4.63. The number of aliphatic hydroxyl groups is 1. The second kappa shape index (κ2) is 5.34. The third-order valence-corrected chi connectivity index (χ3v) is 3.48. The highest BCUT2D eigenvalue weighted by Crippen LogP contribution is 2.17. The lowest BCUT2D eigenvalue weighted by molar-refractivity contribution is 0.0372. The van der Waals surface area contributed by atoms with Crippen LogP contribution in [0.15, 0.2) is 0 Å². The van der Waals surface area contributed by atoms with Crippen LogP contribution in [-0.2, 0) is 0 Å². The van der Waals surface area contributed by atoms with Crippen LogP contribution in [0.4, 0.5) is 0 Å². The van der Waals surface area contributed by atoms with Gasteiger partial charge in [0.05, 0.1) is 11.7 Å². The Bertz CT molecular complexity index is 280. The van der Waals surface area contributed by atoms with Gasteiger partial charge in [0.25, 0.3) is 0 Å². The van der Waals surface area contributed by atoms with Gasteiger partial charge in [0.15, 0.2) is 0 Å². The molecule has 0 amide bonds. The molecule has 17 heavy (non-hydrogen) atoms. The molecule has 0 spiro atoms. The molecule has 1 fully saturated rings. The van der Waals surface area contributed by atoms with Crippen LogP contribution in [0, 0.1) is 11.3 Å². The largest absolute Gasteiger partial charge is 0.390 e. The Morgan fingerprint density at radius 3 is 2.06 bits per heavy atom. The number of hydrogen-bond acceptors (Lipinski definition) is 4. The van der Waals surface area contributed by atoms with Gasteiger partial charge in [0.1, 0.15) is 5.54 Å². The number of piperazine rings is 1. The predicted molar refractivity (Wildman–Crippen MR) is 68.6 cm³/mol. The zero-order chi connectivity index (χ0) is 13.1. The molecular formula is C13H25N3O. The highest BCUT2D eigenvalue weighted by atomic mass is 16.3. The summed E-state index contributed by atoms with van der Waals surface area (Å²) >= 11 is 0. The first-order valence-corrected chi connectivity index (χ1v) is 6.36. The van der Waals surface area contributed by atoms with E-state index >= 15 is 0 Å². The molecule has 1 saturated heterocycles. The van der Waals surface area contributed by atoms with Gasteiger partial charge in [-0.3, -0.25) is 4.90 Å². The van der Waals surface area contributed by atoms with Gasteiger partial charge in [0.2, 0.25) is 0 Å². The van der Waals surface area contributed by atoms with Crippen molar-refractivity contribution in [1.29, 1.82) is 5.26 Å². The Hall–Kier alpha value is -0.630. The molecule has 0 aliphatic carbocycles. The second-order valence-corrected chi connectivity index (χ2v) is 6.06. The number of nitrogens with zero attached hydrogens (tertiary/aromatic N) is 3. The van der Waals surface area contributed by atoms with Gasteiger partial charge >= 0.3 is 0 Å². The topological polar surface area (TPSA) is 50.5 Å². The Morgan fingerprint density at radius 1 is 1.12 bits per heavy atom. The van der Waals surface area contributed by atoms with Crippen LogP contribution in [0.5, 0.6) is 0 Å². The number of rotatable bonds is 4. The van der Waals surface area contributed by atoms with Crippen molar-refractivity contribution in [2.75, 3.05) is 32.7 Å². The van der Waals surface area contributed by atoms with Crippen molar-refractivity contribution < 1.29 is 5.11 Å². The van der Waals surface area contributed by atoms with E-state index in [1.54, 1.807) is 0 Å². The maximum absolute atomic E-state index is 9.69. The maximum atomic E-state index is 9.69. The van der Waals surface area contributed by atoms with E-state index in [0.717, 1.165) is 39.1 Å². The van der Waals surface area contributed by atoms with Crippen LogP contribution >= 0.6 is 0 Å². The molecule has 0 saturated carbocycles. The van der Waals surface area contributed by atoms with E-state index in [4.69, 9.17) is 5.26 Å². The molecule has 1 heterocycles. The molecule has 1 rings (SSSR count). The standard InChI is InChI=1S/C13H25N3O/c1-12(2,11-14)16-9-7-15(8-10-16)6-5-13(3,4)17/h17H,5-10H2,1-4H3. The van der Waals surface area contributed by atoms with Gasteiger partial charge in [-0.2, -0.15) is 5.26 Å². The van der Waals surface area contributed by atoms with Crippen molar-refractivity contribution >= 4 is 0 Å². The average molecular weight is 239 g/mol. The molecule has 98 valence electrons. The number of hydrogen-bond donors (Lipinski definition) is 1. The zero-order valence-electron chi connectivity index (χ0n) is 11.5. The first-order valence-electron chi connectivity index (χ1n) is 6.36. The first-order chi connectivity index (χ1) is 7.74. The van der Waals surface area contributed by atoms with Gasteiger partial charge in [0, 0.05) is 32.7 Å². The van der Waals surface area contributed by atoms with Crippen LogP contribution in [0.2, 0.25) is 0 Å². The summed E-state index contributed by atoms with van der Waals surface area (Å²) in [5.74, 6) is 0. The van der Waals surface area contributed by atoms with E-state index in [1.165, 1.54) is 0 Å². The van der Waals surface area contributed by atoms with Gasteiger partial charge in [-0.05, 0) is 34.1 Å². The molecule has 0 aromatic carbocycles. The molecule has 0 bridgehead atoms. The highest BCUT2D eigenvalue weighted by Gasteiger charge is 2.29. The molecule has 0 aromatic rings.